The smallest absolute Gasteiger partial charge is 0.227 e. The standard InChI is InChI=1S/C11H11N3/c1-2-3-4-5-6-10-8-13-11(7-12)14-9-10/h2-5,8-9H,6H2,1H3/b3-2-,5-4-. The minimum absolute atomic E-state index is 0.214. The van der Waals surface area contributed by atoms with Crippen LogP contribution in [0.25, 0.3) is 0 Å². The average molecular weight is 185 g/mol. The molecule has 0 saturated carbocycles. The average Bonchev–Trinajstić information content (AvgIpc) is 2.25. The molecule has 0 spiro atoms. The second kappa shape index (κ2) is 5.65. The second-order valence-corrected chi connectivity index (χ2v) is 2.68. The topological polar surface area (TPSA) is 49.6 Å². The number of aromatic nitrogens is 2. The van der Waals surface area contributed by atoms with Crippen molar-refractivity contribution in [3.63, 3.8) is 0 Å². The molecule has 3 heteroatoms. The molecule has 0 amide bonds. The molecule has 0 fully saturated rings. The van der Waals surface area contributed by atoms with Gasteiger partial charge in [0, 0.05) is 12.4 Å². The first-order valence-electron chi connectivity index (χ1n) is 4.35. The summed E-state index contributed by atoms with van der Waals surface area (Å²) in [5.74, 6) is 0.214. The molecule has 1 aromatic rings. The van der Waals surface area contributed by atoms with Crippen molar-refractivity contribution in [3.05, 3.63) is 48.1 Å². The monoisotopic (exact) mass is 185 g/mol. The molecular formula is C11H11N3. The summed E-state index contributed by atoms with van der Waals surface area (Å²) in [6, 6.07) is 1.88. The fourth-order valence-electron chi connectivity index (χ4n) is 0.912. The molecule has 0 aromatic carbocycles. The summed E-state index contributed by atoms with van der Waals surface area (Å²) in [5.41, 5.74) is 1.00. The molecule has 1 heterocycles. The van der Waals surface area contributed by atoms with Crippen LogP contribution in [0.1, 0.15) is 18.3 Å². The van der Waals surface area contributed by atoms with Crippen LogP contribution in [0.2, 0.25) is 0 Å². The van der Waals surface area contributed by atoms with E-state index < -0.39 is 0 Å². The lowest BCUT2D eigenvalue weighted by atomic mass is 10.2. The molecule has 0 aliphatic rings. The van der Waals surface area contributed by atoms with E-state index in [1.54, 1.807) is 12.4 Å². The molecule has 0 aliphatic heterocycles. The zero-order valence-corrected chi connectivity index (χ0v) is 8.01. The van der Waals surface area contributed by atoms with Crippen molar-refractivity contribution in [1.82, 2.24) is 9.97 Å². The molecule has 1 aromatic heterocycles. The van der Waals surface area contributed by atoms with Crippen LogP contribution in [-0.2, 0) is 6.42 Å². The Balaban J connectivity index is 2.57. The van der Waals surface area contributed by atoms with Gasteiger partial charge in [0.1, 0.15) is 6.07 Å². The molecule has 0 bridgehead atoms. The van der Waals surface area contributed by atoms with E-state index in [9.17, 15) is 0 Å². The van der Waals surface area contributed by atoms with Gasteiger partial charge in [-0.05, 0) is 18.9 Å². The predicted octanol–water partition coefficient (Wildman–Crippen LogP) is 2.02. The van der Waals surface area contributed by atoms with Crippen LogP contribution in [-0.4, -0.2) is 9.97 Å². The Morgan fingerprint density at radius 1 is 1.36 bits per heavy atom. The highest BCUT2D eigenvalue weighted by Gasteiger charge is 1.93. The molecule has 0 saturated heterocycles. The van der Waals surface area contributed by atoms with Crippen molar-refractivity contribution < 1.29 is 0 Å². The molecule has 14 heavy (non-hydrogen) atoms. The Bertz CT molecular complexity index is 369. The first kappa shape index (κ1) is 10.1. The van der Waals surface area contributed by atoms with E-state index in [1.807, 2.05) is 37.3 Å². The SMILES string of the molecule is C/C=C\C=C/Cc1cnc(C#N)nc1. The maximum Gasteiger partial charge on any atom is 0.232 e. The quantitative estimate of drug-likeness (QED) is 0.677. The van der Waals surface area contributed by atoms with Gasteiger partial charge in [0.25, 0.3) is 0 Å². The van der Waals surface area contributed by atoms with E-state index in [0.717, 1.165) is 12.0 Å². The van der Waals surface area contributed by atoms with Crippen LogP contribution in [0.5, 0.6) is 0 Å². The first-order valence-corrected chi connectivity index (χ1v) is 4.35. The van der Waals surface area contributed by atoms with E-state index >= 15 is 0 Å². The zero-order valence-electron chi connectivity index (χ0n) is 8.01. The van der Waals surface area contributed by atoms with Crippen LogP contribution in [0.15, 0.2) is 36.7 Å². The number of allylic oxidation sites excluding steroid dienone is 4. The van der Waals surface area contributed by atoms with Gasteiger partial charge in [0.15, 0.2) is 0 Å². The van der Waals surface area contributed by atoms with E-state index in [0.29, 0.717) is 0 Å². The summed E-state index contributed by atoms with van der Waals surface area (Å²) < 4.78 is 0. The normalized spacial score (nSPS) is 10.9. The highest BCUT2D eigenvalue weighted by molar-refractivity contribution is 5.16. The van der Waals surface area contributed by atoms with Crippen molar-refractivity contribution in [2.24, 2.45) is 0 Å². The molecule has 1 rings (SSSR count). The van der Waals surface area contributed by atoms with Crippen molar-refractivity contribution in [3.8, 4) is 6.07 Å². The van der Waals surface area contributed by atoms with Gasteiger partial charge in [-0.25, -0.2) is 9.97 Å². The van der Waals surface area contributed by atoms with Crippen LogP contribution in [0.4, 0.5) is 0 Å². The number of rotatable bonds is 3. The fourth-order valence-corrected chi connectivity index (χ4v) is 0.912. The lowest BCUT2D eigenvalue weighted by Crippen LogP contribution is -1.90. The third-order valence-corrected chi connectivity index (χ3v) is 1.60. The summed E-state index contributed by atoms with van der Waals surface area (Å²) in [4.78, 5) is 7.74. The van der Waals surface area contributed by atoms with E-state index in [4.69, 9.17) is 5.26 Å². The van der Waals surface area contributed by atoms with Crippen molar-refractivity contribution >= 4 is 0 Å². The Morgan fingerprint density at radius 3 is 2.64 bits per heavy atom. The maximum atomic E-state index is 8.48. The summed E-state index contributed by atoms with van der Waals surface area (Å²) in [6.45, 7) is 1.97. The molecule has 0 N–H and O–H groups in total. The molecule has 0 radical (unpaired) electrons. The number of nitrogens with zero attached hydrogens (tertiary/aromatic N) is 3. The summed E-state index contributed by atoms with van der Waals surface area (Å²) in [7, 11) is 0. The molecule has 3 nitrogen and oxygen atoms in total. The summed E-state index contributed by atoms with van der Waals surface area (Å²) in [6.07, 6.45) is 12.0. The zero-order chi connectivity index (χ0) is 10.2. The van der Waals surface area contributed by atoms with Gasteiger partial charge in [0.05, 0.1) is 0 Å². The van der Waals surface area contributed by atoms with Gasteiger partial charge in [-0.1, -0.05) is 24.3 Å². The Kier molecular flexibility index (Phi) is 4.09. The van der Waals surface area contributed by atoms with Crippen LogP contribution in [0, 0.1) is 11.3 Å². The molecule has 70 valence electrons. The van der Waals surface area contributed by atoms with Crippen molar-refractivity contribution in [2.45, 2.75) is 13.3 Å². The Labute approximate surface area is 83.4 Å². The van der Waals surface area contributed by atoms with Crippen LogP contribution >= 0.6 is 0 Å². The van der Waals surface area contributed by atoms with Gasteiger partial charge in [-0.15, -0.1) is 0 Å². The highest BCUT2D eigenvalue weighted by atomic mass is 14.9. The van der Waals surface area contributed by atoms with Crippen LogP contribution in [0.3, 0.4) is 0 Å². The van der Waals surface area contributed by atoms with Crippen molar-refractivity contribution in [2.75, 3.05) is 0 Å². The number of hydrogen-bond donors (Lipinski definition) is 0. The van der Waals surface area contributed by atoms with Gasteiger partial charge in [-0.3, -0.25) is 0 Å². The van der Waals surface area contributed by atoms with E-state index in [2.05, 4.69) is 9.97 Å². The number of nitriles is 1. The first-order chi connectivity index (χ1) is 6.86. The van der Waals surface area contributed by atoms with Gasteiger partial charge in [0.2, 0.25) is 5.82 Å². The minimum atomic E-state index is 0.214. The van der Waals surface area contributed by atoms with E-state index in [1.165, 1.54) is 0 Å². The fraction of sp³-hybridized carbons (Fsp3) is 0.182. The third-order valence-electron chi connectivity index (χ3n) is 1.60. The molecule has 0 aliphatic carbocycles. The molecular weight excluding hydrogens is 174 g/mol. The third kappa shape index (κ3) is 3.20. The van der Waals surface area contributed by atoms with Gasteiger partial charge < -0.3 is 0 Å². The minimum Gasteiger partial charge on any atom is -0.227 e. The second-order valence-electron chi connectivity index (χ2n) is 2.68. The van der Waals surface area contributed by atoms with Gasteiger partial charge >= 0.3 is 0 Å². The Hall–Kier alpha value is -1.95. The maximum absolute atomic E-state index is 8.48. The van der Waals surface area contributed by atoms with Crippen LogP contribution < -0.4 is 0 Å². The largest absolute Gasteiger partial charge is 0.232 e. The summed E-state index contributed by atoms with van der Waals surface area (Å²) >= 11 is 0. The molecule has 0 unspecified atom stereocenters. The lowest BCUT2D eigenvalue weighted by Gasteiger charge is -1.93. The van der Waals surface area contributed by atoms with E-state index in [-0.39, 0.29) is 5.82 Å². The number of hydrogen-bond acceptors (Lipinski definition) is 3. The van der Waals surface area contributed by atoms with Crippen molar-refractivity contribution in [1.29, 1.82) is 5.26 Å². The lowest BCUT2D eigenvalue weighted by molar-refractivity contribution is 1.06. The van der Waals surface area contributed by atoms with Gasteiger partial charge in [-0.2, -0.15) is 5.26 Å². The molecule has 0 atom stereocenters. The summed E-state index contributed by atoms with van der Waals surface area (Å²) in [5, 5.41) is 8.48. The highest BCUT2D eigenvalue weighted by Crippen LogP contribution is 1.97. The predicted molar refractivity (Wildman–Crippen MR) is 54.4 cm³/mol. The Morgan fingerprint density at radius 2 is 2.07 bits per heavy atom.